The average molecular weight is 230 g/mol. The molecule has 0 N–H and O–H groups in total. The van der Waals surface area contributed by atoms with Crippen LogP contribution >= 0.6 is 0 Å². The molecule has 0 fully saturated rings. The third-order valence-electron chi connectivity index (χ3n) is 1.81. The highest BCUT2D eigenvalue weighted by atomic mass is 16.5. The van der Waals surface area contributed by atoms with E-state index in [1.165, 1.54) is 13.8 Å². The SMILES string of the molecule is CC(=O)OCCCC(=O)CCCOC(C)=O. The lowest BCUT2D eigenvalue weighted by Gasteiger charge is -2.02. The molecular formula is C11H18O5. The zero-order valence-electron chi connectivity index (χ0n) is 9.78. The average Bonchev–Trinajstić information content (AvgIpc) is 2.19. The summed E-state index contributed by atoms with van der Waals surface area (Å²) in [5.74, 6) is -0.566. The van der Waals surface area contributed by atoms with E-state index < -0.39 is 0 Å². The molecule has 0 aromatic rings. The van der Waals surface area contributed by atoms with Gasteiger partial charge >= 0.3 is 11.9 Å². The summed E-state index contributed by atoms with van der Waals surface area (Å²) >= 11 is 0. The molecule has 0 aliphatic carbocycles. The number of rotatable bonds is 8. The van der Waals surface area contributed by atoms with Gasteiger partial charge in [0.25, 0.3) is 0 Å². The minimum atomic E-state index is -0.331. The van der Waals surface area contributed by atoms with Gasteiger partial charge in [-0.15, -0.1) is 0 Å². The van der Waals surface area contributed by atoms with Gasteiger partial charge in [-0.3, -0.25) is 14.4 Å². The molecule has 92 valence electrons. The van der Waals surface area contributed by atoms with Gasteiger partial charge in [-0.1, -0.05) is 0 Å². The second-order valence-corrected chi connectivity index (χ2v) is 3.43. The van der Waals surface area contributed by atoms with Crippen LogP contribution in [0.3, 0.4) is 0 Å². The number of carbonyl (C=O) groups is 3. The maximum absolute atomic E-state index is 11.3. The predicted octanol–water partition coefficient (Wildman–Crippen LogP) is 1.24. The first-order valence-electron chi connectivity index (χ1n) is 5.31. The van der Waals surface area contributed by atoms with Crippen molar-refractivity contribution in [3.8, 4) is 0 Å². The maximum atomic E-state index is 11.3. The van der Waals surface area contributed by atoms with Gasteiger partial charge in [-0.2, -0.15) is 0 Å². The molecule has 0 aliphatic rings. The van der Waals surface area contributed by atoms with Crippen molar-refractivity contribution in [3.05, 3.63) is 0 Å². The van der Waals surface area contributed by atoms with Gasteiger partial charge in [0.15, 0.2) is 0 Å². The highest BCUT2D eigenvalue weighted by Gasteiger charge is 2.03. The minimum absolute atomic E-state index is 0.0966. The van der Waals surface area contributed by atoms with E-state index in [1.54, 1.807) is 0 Å². The molecule has 0 atom stereocenters. The minimum Gasteiger partial charge on any atom is -0.466 e. The van der Waals surface area contributed by atoms with Gasteiger partial charge in [0.1, 0.15) is 5.78 Å². The fourth-order valence-corrected chi connectivity index (χ4v) is 1.10. The van der Waals surface area contributed by atoms with Crippen LogP contribution in [0.5, 0.6) is 0 Å². The molecular weight excluding hydrogens is 212 g/mol. The Morgan fingerprint density at radius 2 is 1.19 bits per heavy atom. The largest absolute Gasteiger partial charge is 0.466 e. The molecule has 0 aliphatic heterocycles. The second kappa shape index (κ2) is 8.88. The van der Waals surface area contributed by atoms with Crippen molar-refractivity contribution in [2.24, 2.45) is 0 Å². The van der Waals surface area contributed by atoms with Gasteiger partial charge in [0.05, 0.1) is 13.2 Å². The first kappa shape index (κ1) is 14.6. The highest BCUT2D eigenvalue weighted by Crippen LogP contribution is 2.00. The van der Waals surface area contributed by atoms with Gasteiger partial charge in [0.2, 0.25) is 0 Å². The van der Waals surface area contributed by atoms with Crippen LogP contribution in [0, 0.1) is 0 Å². The summed E-state index contributed by atoms with van der Waals surface area (Å²) in [5.41, 5.74) is 0. The van der Waals surface area contributed by atoms with Crippen LogP contribution in [0.1, 0.15) is 39.5 Å². The summed E-state index contributed by atoms with van der Waals surface area (Å²) in [7, 11) is 0. The number of hydrogen-bond donors (Lipinski definition) is 0. The summed E-state index contributed by atoms with van der Waals surface area (Å²) < 4.78 is 9.38. The first-order chi connectivity index (χ1) is 7.52. The number of hydrogen-bond acceptors (Lipinski definition) is 5. The summed E-state index contributed by atoms with van der Waals surface area (Å²) in [6.45, 7) is 3.23. The lowest BCUT2D eigenvalue weighted by molar-refractivity contribution is -0.141. The molecule has 0 bridgehead atoms. The molecule has 0 saturated heterocycles. The van der Waals surface area contributed by atoms with Gasteiger partial charge in [-0.05, 0) is 12.8 Å². The molecule has 0 heterocycles. The molecule has 5 heteroatoms. The van der Waals surface area contributed by atoms with Crippen LogP contribution in [0.4, 0.5) is 0 Å². The van der Waals surface area contributed by atoms with Crippen LogP contribution in [0.2, 0.25) is 0 Å². The third kappa shape index (κ3) is 10.7. The standard InChI is InChI=1S/C11H18O5/c1-9(12)15-7-3-5-11(14)6-4-8-16-10(2)13/h3-8H2,1-2H3. The van der Waals surface area contributed by atoms with E-state index in [4.69, 9.17) is 0 Å². The lowest BCUT2D eigenvalue weighted by atomic mass is 10.1. The summed E-state index contributed by atoms with van der Waals surface area (Å²) in [5, 5.41) is 0. The zero-order valence-corrected chi connectivity index (χ0v) is 9.78. The number of Topliss-reactive ketones (excluding diaryl/α,β-unsaturated/α-hetero) is 1. The molecule has 16 heavy (non-hydrogen) atoms. The van der Waals surface area contributed by atoms with Crippen LogP contribution in [0.15, 0.2) is 0 Å². The molecule has 0 unspecified atom stereocenters. The molecule has 0 saturated carbocycles. The Hall–Kier alpha value is -1.39. The van der Waals surface area contributed by atoms with Crippen molar-refractivity contribution in [1.82, 2.24) is 0 Å². The second-order valence-electron chi connectivity index (χ2n) is 3.43. The van der Waals surface area contributed by atoms with Crippen LogP contribution < -0.4 is 0 Å². The van der Waals surface area contributed by atoms with E-state index in [0.29, 0.717) is 25.7 Å². The van der Waals surface area contributed by atoms with Crippen molar-refractivity contribution in [1.29, 1.82) is 0 Å². The third-order valence-corrected chi connectivity index (χ3v) is 1.81. The van der Waals surface area contributed by atoms with E-state index in [9.17, 15) is 14.4 Å². The van der Waals surface area contributed by atoms with Gasteiger partial charge < -0.3 is 9.47 Å². The van der Waals surface area contributed by atoms with Crippen LogP contribution in [0.25, 0.3) is 0 Å². The van der Waals surface area contributed by atoms with E-state index in [0.717, 1.165) is 0 Å². The smallest absolute Gasteiger partial charge is 0.302 e. The number of ether oxygens (including phenoxy) is 2. The zero-order chi connectivity index (χ0) is 12.4. The summed E-state index contributed by atoms with van der Waals surface area (Å²) in [4.78, 5) is 32.1. The number of carbonyl (C=O) groups excluding carboxylic acids is 3. The predicted molar refractivity (Wildman–Crippen MR) is 56.7 cm³/mol. The lowest BCUT2D eigenvalue weighted by Crippen LogP contribution is -2.06. The van der Waals surface area contributed by atoms with E-state index in [-0.39, 0.29) is 30.9 Å². The Balaban J connectivity index is 3.31. The Labute approximate surface area is 95.1 Å². The molecule has 0 rings (SSSR count). The number of esters is 2. The molecule has 0 radical (unpaired) electrons. The highest BCUT2D eigenvalue weighted by molar-refractivity contribution is 5.78. The van der Waals surface area contributed by atoms with E-state index >= 15 is 0 Å². The first-order valence-corrected chi connectivity index (χ1v) is 5.31. The Morgan fingerprint density at radius 1 is 0.812 bits per heavy atom. The Kier molecular flexibility index (Phi) is 8.11. The van der Waals surface area contributed by atoms with Crippen molar-refractivity contribution in [3.63, 3.8) is 0 Å². The quantitative estimate of drug-likeness (QED) is 0.463. The molecule has 5 nitrogen and oxygen atoms in total. The van der Waals surface area contributed by atoms with Crippen molar-refractivity contribution in [2.45, 2.75) is 39.5 Å². The molecule has 0 aromatic heterocycles. The van der Waals surface area contributed by atoms with E-state index in [1.807, 2.05) is 0 Å². The molecule has 0 aromatic carbocycles. The Bertz CT molecular complexity index is 223. The fraction of sp³-hybridized carbons (Fsp3) is 0.727. The number of ketones is 1. The van der Waals surface area contributed by atoms with Gasteiger partial charge in [0, 0.05) is 26.7 Å². The maximum Gasteiger partial charge on any atom is 0.302 e. The van der Waals surface area contributed by atoms with Gasteiger partial charge in [-0.25, -0.2) is 0 Å². The Morgan fingerprint density at radius 3 is 1.50 bits per heavy atom. The fourth-order valence-electron chi connectivity index (χ4n) is 1.10. The topological polar surface area (TPSA) is 69.7 Å². The van der Waals surface area contributed by atoms with Crippen molar-refractivity contribution >= 4 is 17.7 Å². The normalized spacial score (nSPS) is 9.62. The van der Waals surface area contributed by atoms with Crippen LogP contribution in [-0.2, 0) is 23.9 Å². The van der Waals surface area contributed by atoms with E-state index in [2.05, 4.69) is 9.47 Å². The van der Waals surface area contributed by atoms with Crippen molar-refractivity contribution < 1.29 is 23.9 Å². The monoisotopic (exact) mass is 230 g/mol. The molecule has 0 amide bonds. The summed E-state index contributed by atoms with van der Waals surface area (Å²) in [6.07, 6.45) is 1.89. The van der Waals surface area contributed by atoms with Crippen LogP contribution in [-0.4, -0.2) is 30.9 Å². The summed E-state index contributed by atoms with van der Waals surface area (Å²) in [6, 6.07) is 0. The van der Waals surface area contributed by atoms with Crippen molar-refractivity contribution in [2.75, 3.05) is 13.2 Å². The molecule has 0 spiro atoms.